The summed E-state index contributed by atoms with van der Waals surface area (Å²) in [4.78, 5) is 4.92. The van der Waals surface area contributed by atoms with Crippen LogP contribution in [-0.2, 0) is 0 Å². The monoisotopic (exact) mass is 296 g/mol. The number of rotatable bonds is 5. The molecule has 2 heterocycles. The number of piperidine rings is 1. The van der Waals surface area contributed by atoms with E-state index in [2.05, 4.69) is 44.4 Å². The normalized spacial score (nSPS) is 25.3. The lowest BCUT2D eigenvalue weighted by atomic mass is 9.71. The summed E-state index contributed by atoms with van der Waals surface area (Å²) in [5.41, 5.74) is 1.05. The second-order valence-electron chi connectivity index (χ2n) is 9.07. The Balaban J connectivity index is 1.66. The van der Waals surface area contributed by atoms with Crippen LogP contribution in [0.2, 0.25) is 0 Å². The van der Waals surface area contributed by atoms with E-state index in [-0.39, 0.29) is 6.23 Å². The highest BCUT2D eigenvalue weighted by molar-refractivity contribution is 4.98. The maximum absolute atomic E-state index is 10.2. The molecule has 3 nitrogen and oxygen atoms in total. The highest BCUT2D eigenvalue weighted by Crippen LogP contribution is 2.41. The van der Waals surface area contributed by atoms with E-state index in [0.717, 1.165) is 13.1 Å². The van der Waals surface area contributed by atoms with Crippen molar-refractivity contribution in [1.82, 2.24) is 9.80 Å². The third kappa shape index (κ3) is 4.67. The molecule has 0 aliphatic carbocycles. The van der Waals surface area contributed by atoms with Crippen molar-refractivity contribution in [1.29, 1.82) is 0 Å². The number of hydrogen-bond donors (Lipinski definition) is 1. The summed E-state index contributed by atoms with van der Waals surface area (Å²) in [6.45, 7) is 17.2. The molecule has 0 aromatic heterocycles. The van der Waals surface area contributed by atoms with Crippen LogP contribution in [0.4, 0.5) is 0 Å². The zero-order chi connectivity index (χ0) is 15.7. The molecule has 3 heteroatoms. The minimum absolute atomic E-state index is 0.245. The zero-order valence-corrected chi connectivity index (χ0v) is 14.9. The largest absolute Gasteiger partial charge is 0.378 e. The minimum atomic E-state index is -0.245. The minimum Gasteiger partial charge on any atom is -0.378 e. The first-order valence-electron chi connectivity index (χ1n) is 8.85. The third-order valence-corrected chi connectivity index (χ3v) is 5.35. The van der Waals surface area contributed by atoms with E-state index in [9.17, 15) is 5.11 Å². The van der Waals surface area contributed by atoms with Gasteiger partial charge in [0, 0.05) is 26.2 Å². The van der Waals surface area contributed by atoms with Crippen LogP contribution in [0.3, 0.4) is 0 Å². The van der Waals surface area contributed by atoms with Crippen molar-refractivity contribution in [3.8, 4) is 0 Å². The van der Waals surface area contributed by atoms with Crippen LogP contribution in [0.25, 0.3) is 0 Å². The lowest BCUT2D eigenvalue weighted by molar-refractivity contribution is -0.0987. The highest BCUT2D eigenvalue weighted by atomic mass is 16.3. The SMILES string of the molecule is CC(C)C(O)N1CCC2(CC1)CN(CCCC(C)(C)C)C2. The molecule has 2 saturated heterocycles. The van der Waals surface area contributed by atoms with Crippen LogP contribution in [0.15, 0.2) is 0 Å². The van der Waals surface area contributed by atoms with E-state index >= 15 is 0 Å². The average molecular weight is 296 g/mol. The van der Waals surface area contributed by atoms with Crippen molar-refractivity contribution in [2.45, 2.75) is 66.5 Å². The van der Waals surface area contributed by atoms with E-state index in [1.165, 1.54) is 45.3 Å². The van der Waals surface area contributed by atoms with Gasteiger partial charge < -0.3 is 10.0 Å². The smallest absolute Gasteiger partial charge is 0.109 e. The molecule has 2 aliphatic rings. The van der Waals surface area contributed by atoms with Crippen molar-refractivity contribution in [3.05, 3.63) is 0 Å². The van der Waals surface area contributed by atoms with Gasteiger partial charge in [0.25, 0.3) is 0 Å². The van der Waals surface area contributed by atoms with Crippen molar-refractivity contribution in [2.24, 2.45) is 16.7 Å². The number of aliphatic hydroxyl groups is 1. The predicted octanol–water partition coefficient (Wildman–Crippen LogP) is 3.18. The van der Waals surface area contributed by atoms with Crippen molar-refractivity contribution in [3.63, 3.8) is 0 Å². The molecule has 0 aromatic rings. The Morgan fingerprint density at radius 3 is 2.14 bits per heavy atom. The number of hydrogen-bond acceptors (Lipinski definition) is 3. The molecule has 1 unspecified atom stereocenters. The van der Waals surface area contributed by atoms with Gasteiger partial charge in [0.05, 0.1) is 0 Å². The lowest BCUT2D eigenvalue weighted by Gasteiger charge is -2.55. The van der Waals surface area contributed by atoms with Crippen LogP contribution in [0.5, 0.6) is 0 Å². The van der Waals surface area contributed by atoms with Gasteiger partial charge in [-0.2, -0.15) is 0 Å². The molecular formula is C18H36N2O. The molecule has 0 saturated carbocycles. The van der Waals surface area contributed by atoms with Crippen LogP contribution >= 0.6 is 0 Å². The first-order valence-corrected chi connectivity index (χ1v) is 8.85. The Labute approximate surface area is 131 Å². The Morgan fingerprint density at radius 1 is 1.10 bits per heavy atom. The van der Waals surface area contributed by atoms with E-state index in [1.807, 2.05) is 0 Å². The molecule has 1 atom stereocenters. The second kappa shape index (κ2) is 6.55. The number of aliphatic hydroxyl groups excluding tert-OH is 1. The summed E-state index contributed by atoms with van der Waals surface area (Å²) in [7, 11) is 0. The second-order valence-corrected chi connectivity index (χ2v) is 9.07. The number of nitrogens with zero attached hydrogens (tertiary/aromatic N) is 2. The molecule has 1 spiro atoms. The average Bonchev–Trinajstić information content (AvgIpc) is 2.35. The van der Waals surface area contributed by atoms with E-state index in [4.69, 9.17) is 0 Å². The van der Waals surface area contributed by atoms with Gasteiger partial charge in [-0.05, 0) is 49.0 Å². The maximum Gasteiger partial charge on any atom is 0.109 e. The zero-order valence-electron chi connectivity index (χ0n) is 14.9. The summed E-state index contributed by atoms with van der Waals surface area (Å²) in [6.07, 6.45) is 4.95. The fourth-order valence-electron chi connectivity index (χ4n) is 3.89. The predicted molar refractivity (Wildman–Crippen MR) is 89.2 cm³/mol. The first-order chi connectivity index (χ1) is 9.71. The van der Waals surface area contributed by atoms with Crippen LogP contribution in [-0.4, -0.2) is 53.9 Å². The topological polar surface area (TPSA) is 26.7 Å². The molecule has 0 aromatic carbocycles. The van der Waals surface area contributed by atoms with Gasteiger partial charge in [0.2, 0.25) is 0 Å². The Bertz CT molecular complexity index is 319. The molecule has 124 valence electrons. The Hall–Kier alpha value is -0.120. The Morgan fingerprint density at radius 2 is 1.67 bits per heavy atom. The van der Waals surface area contributed by atoms with Crippen molar-refractivity contribution in [2.75, 3.05) is 32.7 Å². The number of likely N-dealkylation sites (tertiary alicyclic amines) is 2. The van der Waals surface area contributed by atoms with Gasteiger partial charge in [0.1, 0.15) is 6.23 Å². The molecule has 2 rings (SSSR count). The molecule has 0 radical (unpaired) electrons. The molecule has 0 amide bonds. The van der Waals surface area contributed by atoms with Gasteiger partial charge >= 0.3 is 0 Å². The summed E-state index contributed by atoms with van der Waals surface area (Å²) >= 11 is 0. The summed E-state index contributed by atoms with van der Waals surface area (Å²) in [6, 6.07) is 0. The van der Waals surface area contributed by atoms with Crippen molar-refractivity contribution < 1.29 is 5.11 Å². The fourth-order valence-corrected chi connectivity index (χ4v) is 3.89. The Kier molecular flexibility index (Phi) is 5.38. The van der Waals surface area contributed by atoms with Gasteiger partial charge in [-0.25, -0.2) is 0 Å². The van der Waals surface area contributed by atoms with Crippen LogP contribution in [0.1, 0.15) is 60.3 Å². The van der Waals surface area contributed by atoms with E-state index in [0.29, 0.717) is 16.7 Å². The van der Waals surface area contributed by atoms with E-state index in [1.54, 1.807) is 0 Å². The standard InChI is InChI=1S/C18H36N2O/c1-15(2)16(21)20-11-8-18(9-12-20)13-19(14-18)10-6-7-17(3,4)5/h15-16,21H,6-14H2,1-5H3. The van der Waals surface area contributed by atoms with Crippen LogP contribution < -0.4 is 0 Å². The fraction of sp³-hybridized carbons (Fsp3) is 1.00. The molecule has 21 heavy (non-hydrogen) atoms. The summed E-state index contributed by atoms with van der Waals surface area (Å²) in [5, 5.41) is 10.2. The van der Waals surface area contributed by atoms with Crippen LogP contribution in [0, 0.1) is 16.7 Å². The van der Waals surface area contributed by atoms with Gasteiger partial charge in [-0.15, -0.1) is 0 Å². The van der Waals surface area contributed by atoms with Gasteiger partial charge in [-0.1, -0.05) is 34.6 Å². The molecule has 2 aliphatic heterocycles. The van der Waals surface area contributed by atoms with Crippen molar-refractivity contribution >= 4 is 0 Å². The lowest BCUT2D eigenvalue weighted by Crippen LogP contribution is -2.61. The summed E-state index contributed by atoms with van der Waals surface area (Å²) in [5.74, 6) is 0.342. The molecule has 0 bridgehead atoms. The molecular weight excluding hydrogens is 260 g/mol. The molecule has 2 fully saturated rings. The van der Waals surface area contributed by atoms with E-state index < -0.39 is 0 Å². The maximum atomic E-state index is 10.2. The quantitative estimate of drug-likeness (QED) is 0.844. The third-order valence-electron chi connectivity index (χ3n) is 5.35. The summed E-state index contributed by atoms with van der Waals surface area (Å²) < 4.78 is 0. The molecule has 1 N–H and O–H groups in total. The van der Waals surface area contributed by atoms with Gasteiger partial charge in [-0.3, -0.25) is 4.90 Å². The highest BCUT2D eigenvalue weighted by Gasteiger charge is 2.45. The van der Waals surface area contributed by atoms with Gasteiger partial charge in [0.15, 0.2) is 0 Å². The first kappa shape index (κ1) is 17.2.